The van der Waals surface area contributed by atoms with Crippen molar-refractivity contribution in [3.05, 3.63) is 117 Å². The first-order valence-corrected chi connectivity index (χ1v) is 11.5. The number of benzene rings is 3. The van der Waals surface area contributed by atoms with Crippen LogP contribution < -0.4 is 5.32 Å². The molecule has 8 heteroatoms. The summed E-state index contributed by atoms with van der Waals surface area (Å²) in [5.41, 5.74) is 3.24. The minimum absolute atomic E-state index is 0.298. The number of halogens is 3. The third-order valence-electron chi connectivity index (χ3n) is 5.43. The van der Waals surface area contributed by atoms with Gasteiger partial charge in [-0.2, -0.15) is 0 Å². The molecule has 0 aliphatic heterocycles. The van der Waals surface area contributed by atoms with Gasteiger partial charge in [-0.3, -0.25) is 4.79 Å². The average Bonchev–Trinajstić information content (AvgIpc) is 3.11. The number of esters is 1. The number of anilines is 1. The number of carbonyl (C=O) groups excluding carboxylic acids is 2. The quantitative estimate of drug-likeness (QED) is 0.282. The number of ether oxygens (including phenoxy) is 1. The topological polar surface area (TPSA) is 60.3 Å². The largest absolute Gasteiger partial charge is 0.444 e. The Labute approximate surface area is 212 Å². The van der Waals surface area contributed by atoms with Gasteiger partial charge in [-0.1, -0.05) is 53.5 Å². The predicted molar refractivity (Wildman–Crippen MR) is 135 cm³/mol. The molecule has 5 nitrogen and oxygen atoms in total. The maximum absolute atomic E-state index is 13.4. The third kappa shape index (κ3) is 5.56. The fraction of sp³-hybridized carbons (Fsp3) is 0.111. The molecule has 1 N–H and O–H groups in total. The Hall–Kier alpha value is -3.61. The maximum Gasteiger partial charge on any atom is 0.341 e. The molecule has 1 aromatic heterocycles. The van der Waals surface area contributed by atoms with Crippen LogP contribution in [0.5, 0.6) is 0 Å². The Morgan fingerprint density at radius 1 is 0.914 bits per heavy atom. The van der Waals surface area contributed by atoms with Crippen LogP contribution in [-0.4, -0.2) is 16.4 Å². The van der Waals surface area contributed by atoms with Crippen molar-refractivity contribution in [1.29, 1.82) is 0 Å². The lowest BCUT2D eigenvalue weighted by atomic mass is 10.1. The van der Waals surface area contributed by atoms with Crippen molar-refractivity contribution in [2.24, 2.45) is 0 Å². The van der Waals surface area contributed by atoms with Gasteiger partial charge in [0.1, 0.15) is 5.82 Å². The van der Waals surface area contributed by atoms with Gasteiger partial charge in [-0.15, -0.1) is 0 Å². The molecule has 1 heterocycles. The van der Waals surface area contributed by atoms with Gasteiger partial charge in [-0.05, 0) is 62.4 Å². The summed E-state index contributed by atoms with van der Waals surface area (Å²) in [7, 11) is 0. The lowest BCUT2D eigenvalue weighted by Crippen LogP contribution is -2.26. The van der Waals surface area contributed by atoms with Crippen molar-refractivity contribution in [3.63, 3.8) is 0 Å². The Morgan fingerprint density at radius 3 is 2.17 bits per heavy atom. The van der Waals surface area contributed by atoms with E-state index >= 15 is 0 Å². The fourth-order valence-electron chi connectivity index (χ4n) is 3.86. The lowest BCUT2D eigenvalue weighted by molar-refractivity contribution is -0.125. The van der Waals surface area contributed by atoms with Crippen LogP contribution in [0.15, 0.2) is 78.9 Å². The second-order valence-electron chi connectivity index (χ2n) is 7.94. The van der Waals surface area contributed by atoms with Gasteiger partial charge in [0.15, 0.2) is 0 Å². The van der Waals surface area contributed by atoms with Crippen LogP contribution >= 0.6 is 23.2 Å². The molecular formula is C27H21Cl2FN2O3. The van der Waals surface area contributed by atoms with Gasteiger partial charge in [0, 0.05) is 38.4 Å². The molecule has 3 aromatic carbocycles. The molecule has 0 aliphatic rings. The van der Waals surface area contributed by atoms with Gasteiger partial charge in [-0.25, -0.2) is 9.18 Å². The molecule has 0 saturated carbocycles. The van der Waals surface area contributed by atoms with Crippen molar-refractivity contribution in [3.8, 4) is 5.69 Å². The Balaban J connectivity index is 1.64. The number of hydrogen-bond acceptors (Lipinski definition) is 3. The zero-order valence-corrected chi connectivity index (χ0v) is 20.4. The summed E-state index contributed by atoms with van der Waals surface area (Å²) in [5.74, 6) is -1.58. The molecule has 4 aromatic rings. The summed E-state index contributed by atoms with van der Waals surface area (Å²) in [5, 5.41) is 3.43. The van der Waals surface area contributed by atoms with Crippen molar-refractivity contribution in [1.82, 2.24) is 4.57 Å². The van der Waals surface area contributed by atoms with E-state index in [9.17, 15) is 14.0 Å². The molecule has 4 rings (SSSR count). The van der Waals surface area contributed by atoms with E-state index < -0.39 is 18.0 Å². The number of nitrogens with one attached hydrogen (secondary N) is 1. The lowest BCUT2D eigenvalue weighted by Gasteiger charge is -2.18. The maximum atomic E-state index is 13.4. The Kier molecular flexibility index (Phi) is 7.24. The van der Waals surface area contributed by atoms with Gasteiger partial charge in [0.05, 0.1) is 5.56 Å². The molecule has 0 radical (unpaired) electrons. The Bertz CT molecular complexity index is 1370. The van der Waals surface area contributed by atoms with E-state index in [4.69, 9.17) is 27.9 Å². The molecule has 0 bridgehead atoms. The number of rotatable bonds is 6. The Morgan fingerprint density at radius 2 is 1.54 bits per heavy atom. The SMILES string of the molecule is Cc1cc(C(=O)O[C@@H](C(=O)Nc2cc(Cl)cc(Cl)c2)c2ccccc2)c(C)n1-c1ccc(F)cc1. The first kappa shape index (κ1) is 24.5. The highest BCUT2D eigenvalue weighted by Gasteiger charge is 2.28. The van der Waals surface area contributed by atoms with Gasteiger partial charge >= 0.3 is 5.97 Å². The van der Waals surface area contributed by atoms with E-state index in [1.54, 1.807) is 73.7 Å². The third-order valence-corrected chi connectivity index (χ3v) is 5.87. The summed E-state index contributed by atoms with van der Waals surface area (Å²) in [4.78, 5) is 26.4. The van der Waals surface area contributed by atoms with Crippen molar-refractivity contribution in [2.75, 3.05) is 5.32 Å². The average molecular weight is 511 g/mol. The van der Waals surface area contributed by atoms with E-state index in [2.05, 4.69) is 5.32 Å². The van der Waals surface area contributed by atoms with Crippen molar-refractivity contribution in [2.45, 2.75) is 20.0 Å². The summed E-state index contributed by atoms with van der Waals surface area (Å²) in [6.07, 6.45) is -1.23. The van der Waals surface area contributed by atoms with E-state index in [1.165, 1.54) is 12.1 Å². The first-order chi connectivity index (χ1) is 16.7. The minimum atomic E-state index is -1.23. The van der Waals surface area contributed by atoms with E-state index in [-0.39, 0.29) is 5.82 Å². The molecular weight excluding hydrogens is 490 g/mol. The molecule has 0 unspecified atom stereocenters. The predicted octanol–water partition coefficient (Wildman–Crippen LogP) is 7.08. The number of carbonyl (C=O) groups is 2. The standard InChI is InChI=1S/C27H21Cl2FN2O3/c1-16-12-24(17(2)32(16)23-10-8-21(30)9-11-23)27(34)35-25(18-6-4-3-5-7-18)26(33)31-22-14-19(28)13-20(29)15-22/h3-15,25H,1-2H3,(H,31,33)/t25-/m1/s1. The monoisotopic (exact) mass is 510 g/mol. The van der Waals surface area contributed by atoms with Crippen LogP contribution in [0.2, 0.25) is 10.0 Å². The van der Waals surface area contributed by atoms with Crippen LogP contribution in [0, 0.1) is 19.7 Å². The molecule has 0 aliphatic carbocycles. The summed E-state index contributed by atoms with van der Waals surface area (Å²) < 4.78 is 20.9. The summed E-state index contributed by atoms with van der Waals surface area (Å²) in [6.45, 7) is 3.59. The van der Waals surface area contributed by atoms with E-state index in [0.717, 1.165) is 5.69 Å². The molecule has 0 spiro atoms. The van der Waals surface area contributed by atoms with Gasteiger partial charge in [0.25, 0.3) is 5.91 Å². The number of amides is 1. The summed E-state index contributed by atoms with van der Waals surface area (Å²) in [6, 6.07) is 21.0. The number of aryl methyl sites for hydroxylation is 1. The fourth-order valence-corrected chi connectivity index (χ4v) is 4.39. The molecule has 178 valence electrons. The van der Waals surface area contributed by atoms with Gasteiger partial charge in [0.2, 0.25) is 6.10 Å². The highest BCUT2D eigenvalue weighted by molar-refractivity contribution is 6.35. The highest BCUT2D eigenvalue weighted by Crippen LogP contribution is 2.27. The van der Waals surface area contributed by atoms with E-state index in [0.29, 0.717) is 38.2 Å². The zero-order valence-electron chi connectivity index (χ0n) is 18.9. The second kappa shape index (κ2) is 10.3. The molecule has 0 fully saturated rings. The van der Waals surface area contributed by atoms with Crippen LogP contribution in [0.4, 0.5) is 10.1 Å². The van der Waals surface area contributed by atoms with Crippen LogP contribution in [0.25, 0.3) is 5.69 Å². The van der Waals surface area contributed by atoms with Crippen molar-refractivity contribution >= 4 is 40.8 Å². The smallest absolute Gasteiger partial charge is 0.341 e. The number of aromatic nitrogens is 1. The minimum Gasteiger partial charge on any atom is -0.444 e. The number of nitrogens with zero attached hydrogens (tertiary/aromatic N) is 1. The van der Waals surface area contributed by atoms with Crippen LogP contribution in [-0.2, 0) is 9.53 Å². The highest BCUT2D eigenvalue weighted by atomic mass is 35.5. The van der Waals surface area contributed by atoms with Crippen LogP contribution in [0.3, 0.4) is 0 Å². The van der Waals surface area contributed by atoms with Crippen molar-refractivity contribution < 1.29 is 18.7 Å². The zero-order chi connectivity index (χ0) is 25.1. The molecule has 0 saturated heterocycles. The normalized spacial score (nSPS) is 11.7. The molecule has 35 heavy (non-hydrogen) atoms. The van der Waals surface area contributed by atoms with Gasteiger partial charge < -0.3 is 14.6 Å². The molecule has 1 atom stereocenters. The van der Waals surface area contributed by atoms with E-state index in [1.807, 2.05) is 11.5 Å². The van der Waals surface area contributed by atoms with Crippen LogP contribution in [0.1, 0.15) is 33.4 Å². The molecule has 1 amide bonds. The second-order valence-corrected chi connectivity index (χ2v) is 8.81. The number of hydrogen-bond donors (Lipinski definition) is 1. The first-order valence-electron chi connectivity index (χ1n) is 10.7. The summed E-state index contributed by atoms with van der Waals surface area (Å²) >= 11 is 12.1.